The van der Waals surface area contributed by atoms with Gasteiger partial charge in [0.25, 0.3) is 0 Å². The first-order chi connectivity index (χ1) is 7.24. The van der Waals surface area contributed by atoms with E-state index in [1.165, 1.54) is 0 Å². The molecule has 0 aliphatic heterocycles. The van der Waals surface area contributed by atoms with Crippen LogP contribution < -0.4 is 5.73 Å². The van der Waals surface area contributed by atoms with E-state index in [1.54, 1.807) is 0 Å². The van der Waals surface area contributed by atoms with Crippen molar-refractivity contribution in [1.29, 1.82) is 0 Å². The Morgan fingerprint density at radius 2 is 2.07 bits per heavy atom. The Balaban J connectivity index is 2.67. The van der Waals surface area contributed by atoms with Crippen LogP contribution in [-0.2, 0) is 4.74 Å². The predicted molar refractivity (Wildman–Crippen MR) is 59.4 cm³/mol. The van der Waals surface area contributed by atoms with Crippen LogP contribution in [0, 0.1) is 0 Å². The molecular weight excluding hydrogens is 190 g/mol. The lowest BCUT2D eigenvalue weighted by Crippen LogP contribution is -2.17. The molecule has 0 spiro atoms. The van der Waals surface area contributed by atoms with Crippen molar-refractivity contribution < 1.29 is 9.53 Å². The zero-order valence-corrected chi connectivity index (χ0v) is 8.98. The van der Waals surface area contributed by atoms with Crippen molar-refractivity contribution in [2.75, 3.05) is 0 Å². The van der Waals surface area contributed by atoms with E-state index in [9.17, 15) is 4.79 Å². The highest BCUT2D eigenvalue weighted by atomic mass is 16.6. The lowest BCUT2D eigenvalue weighted by Gasteiger charge is -2.16. The number of hydrogen-bond acceptors (Lipinski definition) is 2. The molecule has 0 aromatic heterocycles. The van der Waals surface area contributed by atoms with Gasteiger partial charge in [0.1, 0.15) is 6.10 Å². The van der Waals surface area contributed by atoms with Crippen molar-refractivity contribution in [3.05, 3.63) is 35.9 Å². The molecule has 0 bridgehead atoms. The zero-order chi connectivity index (χ0) is 11.1. The van der Waals surface area contributed by atoms with Crippen LogP contribution in [0.15, 0.2) is 30.3 Å². The number of nitrogens with two attached hydrogens (primary N) is 1. The number of rotatable bonds is 5. The quantitative estimate of drug-likeness (QED) is 0.806. The third-order valence-corrected chi connectivity index (χ3v) is 2.25. The first-order valence-electron chi connectivity index (χ1n) is 5.25. The largest absolute Gasteiger partial charge is 0.442 e. The second kappa shape index (κ2) is 6.06. The molecule has 1 atom stereocenters. The lowest BCUT2D eigenvalue weighted by atomic mass is 10.0. The maximum atomic E-state index is 10.7. The van der Waals surface area contributed by atoms with Crippen LogP contribution in [-0.4, -0.2) is 6.09 Å². The van der Waals surface area contributed by atoms with Crippen molar-refractivity contribution in [2.24, 2.45) is 5.73 Å². The molecule has 3 heteroatoms. The SMILES string of the molecule is CCCCC(OC(N)=O)c1ccccc1. The number of ether oxygens (including phenoxy) is 1. The summed E-state index contributed by atoms with van der Waals surface area (Å²) in [6, 6.07) is 9.69. The van der Waals surface area contributed by atoms with Crippen LogP contribution in [0.1, 0.15) is 37.9 Å². The molecule has 0 heterocycles. The van der Waals surface area contributed by atoms with Crippen LogP contribution >= 0.6 is 0 Å². The van der Waals surface area contributed by atoms with E-state index in [0.717, 1.165) is 24.8 Å². The minimum atomic E-state index is -0.708. The Morgan fingerprint density at radius 3 is 2.60 bits per heavy atom. The van der Waals surface area contributed by atoms with E-state index in [1.807, 2.05) is 30.3 Å². The van der Waals surface area contributed by atoms with E-state index >= 15 is 0 Å². The second-order valence-corrected chi connectivity index (χ2v) is 3.48. The van der Waals surface area contributed by atoms with Gasteiger partial charge in [-0.15, -0.1) is 0 Å². The highest BCUT2D eigenvalue weighted by Crippen LogP contribution is 2.22. The standard InChI is InChI=1S/C12H17NO2/c1-2-3-9-11(15-12(13)14)10-7-5-4-6-8-10/h4-8,11H,2-3,9H2,1H3,(H2,13,14). The molecule has 0 radical (unpaired) electrons. The number of hydrogen-bond donors (Lipinski definition) is 1. The number of benzene rings is 1. The van der Waals surface area contributed by atoms with Gasteiger partial charge in [0.15, 0.2) is 0 Å². The number of carbonyl (C=O) groups is 1. The first-order valence-corrected chi connectivity index (χ1v) is 5.25. The van der Waals surface area contributed by atoms with Gasteiger partial charge in [0.05, 0.1) is 0 Å². The molecule has 1 unspecified atom stereocenters. The summed E-state index contributed by atoms with van der Waals surface area (Å²) in [5, 5.41) is 0. The van der Waals surface area contributed by atoms with Gasteiger partial charge >= 0.3 is 6.09 Å². The third-order valence-electron chi connectivity index (χ3n) is 2.25. The van der Waals surface area contributed by atoms with Crippen molar-refractivity contribution in [3.8, 4) is 0 Å². The first kappa shape index (κ1) is 11.6. The topological polar surface area (TPSA) is 52.3 Å². The fourth-order valence-corrected chi connectivity index (χ4v) is 1.49. The average molecular weight is 207 g/mol. The van der Waals surface area contributed by atoms with Gasteiger partial charge in [0, 0.05) is 0 Å². The van der Waals surface area contributed by atoms with E-state index in [4.69, 9.17) is 10.5 Å². The van der Waals surface area contributed by atoms with Gasteiger partial charge < -0.3 is 10.5 Å². The summed E-state index contributed by atoms with van der Waals surface area (Å²) >= 11 is 0. The molecule has 0 aliphatic carbocycles. The second-order valence-electron chi connectivity index (χ2n) is 3.48. The molecular formula is C12H17NO2. The number of amides is 1. The number of primary amides is 1. The van der Waals surface area contributed by atoms with Crippen LogP contribution in [0.25, 0.3) is 0 Å². The summed E-state index contributed by atoms with van der Waals surface area (Å²) in [6.45, 7) is 2.10. The van der Waals surface area contributed by atoms with Crippen LogP contribution in [0.2, 0.25) is 0 Å². The van der Waals surface area contributed by atoms with Gasteiger partial charge in [-0.1, -0.05) is 43.7 Å². The summed E-state index contributed by atoms with van der Waals surface area (Å²) in [5.41, 5.74) is 6.05. The Labute approximate surface area is 90.2 Å². The normalized spacial score (nSPS) is 12.1. The molecule has 0 saturated carbocycles. The Bertz CT molecular complexity index is 298. The Kier molecular flexibility index (Phi) is 4.68. The average Bonchev–Trinajstić information content (AvgIpc) is 2.25. The fraction of sp³-hybridized carbons (Fsp3) is 0.417. The summed E-state index contributed by atoms with van der Waals surface area (Å²) in [6.07, 6.45) is 2.01. The maximum Gasteiger partial charge on any atom is 0.405 e. The summed E-state index contributed by atoms with van der Waals surface area (Å²) in [5.74, 6) is 0. The Hall–Kier alpha value is -1.51. The van der Waals surface area contributed by atoms with Gasteiger partial charge in [-0.05, 0) is 18.4 Å². The maximum absolute atomic E-state index is 10.7. The van der Waals surface area contributed by atoms with Crippen LogP contribution in [0.4, 0.5) is 4.79 Å². The van der Waals surface area contributed by atoms with Gasteiger partial charge in [-0.2, -0.15) is 0 Å². The Morgan fingerprint density at radius 1 is 1.40 bits per heavy atom. The smallest absolute Gasteiger partial charge is 0.405 e. The highest BCUT2D eigenvalue weighted by molar-refractivity contribution is 5.65. The molecule has 0 fully saturated rings. The highest BCUT2D eigenvalue weighted by Gasteiger charge is 2.13. The van der Waals surface area contributed by atoms with Crippen molar-refractivity contribution in [2.45, 2.75) is 32.3 Å². The van der Waals surface area contributed by atoms with E-state index in [2.05, 4.69) is 6.92 Å². The molecule has 1 aromatic rings. The van der Waals surface area contributed by atoms with E-state index < -0.39 is 6.09 Å². The minimum absolute atomic E-state index is 0.205. The zero-order valence-electron chi connectivity index (χ0n) is 8.98. The minimum Gasteiger partial charge on any atom is -0.442 e. The third kappa shape index (κ3) is 4.02. The van der Waals surface area contributed by atoms with Gasteiger partial charge in [-0.25, -0.2) is 4.79 Å². The molecule has 1 rings (SSSR count). The molecule has 82 valence electrons. The molecule has 15 heavy (non-hydrogen) atoms. The fourth-order valence-electron chi connectivity index (χ4n) is 1.49. The molecule has 1 aromatic carbocycles. The van der Waals surface area contributed by atoms with Crippen LogP contribution in [0.3, 0.4) is 0 Å². The molecule has 1 amide bonds. The van der Waals surface area contributed by atoms with Crippen LogP contribution in [0.5, 0.6) is 0 Å². The summed E-state index contributed by atoms with van der Waals surface area (Å²) in [7, 11) is 0. The van der Waals surface area contributed by atoms with Crippen molar-refractivity contribution >= 4 is 6.09 Å². The number of carbonyl (C=O) groups excluding carboxylic acids is 1. The number of unbranched alkanes of at least 4 members (excludes halogenated alkanes) is 1. The van der Waals surface area contributed by atoms with Gasteiger partial charge in [-0.3, -0.25) is 0 Å². The molecule has 2 N–H and O–H groups in total. The molecule has 0 aliphatic rings. The molecule has 3 nitrogen and oxygen atoms in total. The predicted octanol–water partition coefficient (Wildman–Crippen LogP) is 3.01. The van der Waals surface area contributed by atoms with Crippen molar-refractivity contribution in [1.82, 2.24) is 0 Å². The lowest BCUT2D eigenvalue weighted by molar-refractivity contribution is 0.0997. The summed E-state index contributed by atoms with van der Waals surface area (Å²) in [4.78, 5) is 10.7. The van der Waals surface area contributed by atoms with Crippen molar-refractivity contribution in [3.63, 3.8) is 0 Å². The monoisotopic (exact) mass is 207 g/mol. The van der Waals surface area contributed by atoms with Gasteiger partial charge in [0.2, 0.25) is 0 Å². The van der Waals surface area contributed by atoms with E-state index in [-0.39, 0.29) is 6.10 Å². The molecule has 0 saturated heterocycles. The summed E-state index contributed by atoms with van der Waals surface area (Å²) < 4.78 is 5.08. The van der Waals surface area contributed by atoms with E-state index in [0.29, 0.717) is 0 Å².